The summed E-state index contributed by atoms with van der Waals surface area (Å²) in [5.41, 5.74) is -1.93. The Labute approximate surface area is 104 Å². The molecule has 102 valence electrons. The molecule has 1 aliphatic heterocycles. The molecule has 1 saturated heterocycles. The maximum Gasteiger partial charge on any atom is 0.147 e. The molecule has 0 aliphatic carbocycles. The van der Waals surface area contributed by atoms with Gasteiger partial charge in [-0.25, -0.2) is 8.42 Å². The second kappa shape index (κ2) is 4.21. The van der Waals surface area contributed by atoms with Gasteiger partial charge in [0.25, 0.3) is 0 Å². The summed E-state index contributed by atoms with van der Waals surface area (Å²) < 4.78 is 28.0. The SMILES string of the molecule is CC1(C)CC(O)(CCCS(C)(=O)=O)C(C)(C)O1. The minimum absolute atomic E-state index is 0.117. The number of sulfone groups is 1. The van der Waals surface area contributed by atoms with Crippen molar-refractivity contribution < 1.29 is 18.3 Å². The van der Waals surface area contributed by atoms with Gasteiger partial charge in [-0.15, -0.1) is 0 Å². The average Bonchev–Trinajstić information content (AvgIpc) is 2.11. The van der Waals surface area contributed by atoms with Crippen LogP contribution < -0.4 is 0 Å². The van der Waals surface area contributed by atoms with Crippen molar-refractivity contribution in [3.8, 4) is 0 Å². The number of aliphatic hydroxyl groups is 1. The zero-order valence-corrected chi connectivity index (χ0v) is 12.2. The number of hydrogen-bond donors (Lipinski definition) is 1. The molecular weight excluding hydrogens is 240 g/mol. The second-order valence-electron chi connectivity index (χ2n) is 6.31. The summed E-state index contributed by atoms with van der Waals surface area (Å²) in [4.78, 5) is 0. The second-order valence-corrected chi connectivity index (χ2v) is 8.57. The van der Waals surface area contributed by atoms with Gasteiger partial charge in [0.05, 0.1) is 16.8 Å². The molecule has 0 aromatic heterocycles. The molecule has 4 nitrogen and oxygen atoms in total. The van der Waals surface area contributed by atoms with E-state index in [-0.39, 0.29) is 11.4 Å². The quantitative estimate of drug-likeness (QED) is 0.836. The van der Waals surface area contributed by atoms with E-state index in [0.717, 1.165) is 0 Å². The van der Waals surface area contributed by atoms with E-state index in [1.54, 1.807) is 0 Å². The largest absolute Gasteiger partial charge is 0.387 e. The van der Waals surface area contributed by atoms with Crippen molar-refractivity contribution in [3.63, 3.8) is 0 Å². The summed E-state index contributed by atoms with van der Waals surface area (Å²) in [6.45, 7) is 7.62. The first kappa shape index (κ1) is 14.9. The highest BCUT2D eigenvalue weighted by Crippen LogP contribution is 2.47. The predicted molar refractivity (Wildman–Crippen MR) is 67.8 cm³/mol. The van der Waals surface area contributed by atoms with Gasteiger partial charge in [0.1, 0.15) is 9.84 Å². The third kappa shape index (κ3) is 3.66. The molecule has 0 amide bonds. The first-order chi connectivity index (χ1) is 7.37. The molecule has 0 spiro atoms. The van der Waals surface area contributed by atoms with Crippen molar-refractivity contribution in [2.45, 2.75) is 63.8 Å². The van der Waals surface area contributed by atoms with Gasteiger partial charge in [-0.05, 0) is 40.5 Å². The summed E-state index contributed by atoms with van der Waals surface area (Å²) >= 11 is 0. The molecule has 0 aromatic rings. The Balaban J connectivity index is 2.69. The lowest BCUT2D eigenvalue weighted by Crippen LogP contribution is -2.46. The summed E-state index contributed by atoms with van der Waals surface area (Å²) in [6.07, 6.45) is 2.68. The van der Waals surface area contributed by atoms with Gasteiger partial charge < -0.3 is 9.84 Å². The third-order valence-corrected chi connectivity index (χ3v) is 4.51. The van der Waals surface area contributed by atoms with Crippen molar-refractivity contribution in [3.05, 3.63) is 0 Å². The molecule has 1 atom stereocenters. The summed E-state index contributed by atoms with van der Waals surface area (Å²) in [5.74, 6) is 0.117. The Morgan fingerprint density at radius 1 is 1.24 bits per heavy atom. The topological polar surface area (TPSA) is 63.6 Å². The van der Waals surface area contributed by atoms with Crippen LogP contribution in [0, 0.1) is 0 Å². The molecule has 1 rings (SSSR count). The van der Waals surface area contributed by atoms with E-state index in [1.165, 1.54) is 6.26 Å². The van der Waals surface area contributed by atoms with Crippen LogP contribution in [-0.2, 0) is 14.6 Å². The van der Waals surface area contributed by atoms with E-state index in [2.05, 4.69) is 0 Å². The van der Waals surface area contributed by atoms with Crippen LogP contribution in [0.1, 0.15) is 47.0 Å². The Morgan fingerprint density at radius 3 is 2.12 bits per heavy atom. The van der Waals surface area contributed by atoms with E-state index in [0.29, 0.717) is 19.3 Å². The fraction of sp³-hybridized carbons (Fsp3) is 1.00. The van der Waals surface area contributed by atoms with Crippen molar-refractivity contribution in [1.29, 1.82) is 0 Å². The van der Waals surface area contributed by atoms with Crippen LogP contribution >= 0.6 is 0 Å². The maximum absolute atomic E-state index is 11.1. The van der Waals surface area contributed by atoms with Crippen LogP contribution in [0.5, 0.6) is 0 Å². The van der Waals surface area contributed by atoms with Crippen molar-refractivity contribution >= 4 is 9.84 Å². The van der Waals surface area contributed by atoms with Crippen LogP contribution in [0.25, 0.3) is 0 Å². The minimum Gasteiger partial charge on any atom is -0.387 e. The Morgan fingerprint density at radius 2 is 1.76 bits per heavy atom. The van der Waals surface area contributed by atoms with Crippen LogP contribution in [-0.4, -0.2) is 42.3 Å². The van der Waals surface area contributed by atoms with Gasteiger partial charge >= 0.3 is 0 Å². The molecule has 1 unspecified atom stereocenters. The standard InChI is InChI=1S/C12H24O4S/c1-10(2)9-12(13,11(3,4)16-10)7-6-8-17(5,14)15/h13H,6-9H2,1-5H3. The lowest BCUT2D eigenvalue weighted by molar-refractivity contribution is -0.128. The van der Waals surface area contributed by atoms with Crippen LogP contribution in [0.4, 0.5) is 0 Å². The number of rotatable bonds is 4. The van der Waals surface area contributed by atoms with E-state index in [4.69, 9.17) is 4.74 Å². The smallest absolute Gasteiger partial charge is 0.147 e. The fourth-order valence-corrected chi connectivity index (χ4v) is 3.42. The lowest BCUT2D eigenvalue weighted by atomic mass is 9.79. The van der Waals surface area contributed by atoms with Crippen LogP contribution in [0.15, 0.2) is 0 Å². The Hall–Kier alpha value is -0.130. The van der Waals surface area contributed by atoms with Crippen molar-refractivity contribution in [2.24, 2.45) is 0 Å². The van der Waals surface area contributed by atoms with Crippen LogP contribution in [0.3, 0.4) is 0 Å². The monoisotopic (exact) mass is 264 g/mol. The average molecular weight is 264 g/mol. The Bertz CT molecular complexity index is 383. The third-order valence-electron chi connectivity index (χ3n) is 3.48. The molecular formula is C12H24O4S. The normalized spacial score (nSPS) is 31.6. The van der Waals surface area contributed by atoms with Gasteiger partial charge in [0.2, 0.25) is 0 Å². The van der Waals surface area contributed by atoms with E-state index < -0.39 is 21.0 Å². The van der Waals surface area contributed by atoms with E-state index in [9.17, 15) is 13.5 Å². The van der Waals surface area contributed by atoms with Gasteiger partial charge in [-0.3, -0.25) is 0 Å². The van der Waals surface area contributed by atoms with Gasteiger partial charge in [0.15, 0.2) is 0 Å². The minimum atomic E-state index is -2.96. The highest BCUT2D eigenvalue weighted by molar-refractivity contribution is 7.90. The molecule has 1 aliphatic rings. The molecule has 0 aromatic carbocycles. The molecule has 1 heterocycles. The number of hydrogen-bond acceptors (Lipinski definition) is 4. The molecule has 0 bridgehead atoms. The molecule has 0 saturated carbocycles. The zero-order valence-electron chi connectivity index (χ0n) is 11.4. The molecule has 5 heteroatoms. The van der Waals surface area contributed by atoms with Gasteiger partial charge in [0, 0.05) is 18.4 Å². The van der Waals surface area contributed by atoms with Gasteiger partial charge in [-0.2, -0.15) is 0 Å². The zero-order chi connectivity index (χ0) is 13.5. The highest BCUT2D eigenvalue weighted by Gasteiger charge is 2.55. The van der Waals surface area contributed by atoms with Crippen molar-refractivity contribution in [2.75, 3.05) is 12.0 Å². The molecule has 1 N–H and O–H groups in total. The fourth-order valence-electron chi connectivity index (χ4n) is 2.76. The van der Waals surface area contributed by atoms with Gasteiger partial charge in [-0.1, -0.05) is 0 Å². The van der Waals surface area contributed by atoms with E-state index in [1.807, 2.05) is 27.7 Å². The lowest BCUT2D eigenvalue weighted by Gasteiger charge is -2.35. The van der Waals surface area contributed by atoms with Crippen LogP contribution in [0.2, 0.25) is 0 Å². The molecule has 1 fully saturated rings. The molecule has 0 radical (unpaired) electrons. The van der Waals surface area contributed by atoms with Crippen molar-refractivity contribution in [1.82, 2.24) is 0 Å². The first-order valence-electron chi connectivity index (χ1n) is 5.97. The maximum atomic E-state index is 11.1. The highest BCUT2D eigenvalue weighted by atomic mass is 32.2. The first-order valence-corrected chi connectivity index (χ1v) is 8.03. The summed E-state index contributed by atoms with van der Waals surface area (Å²) in [5, 5.41) is 10.6. The Kier molecular flexibility index (Phi) is 3.70. The van der Waals surface area contributed by atoms with E-state index >= 15 is 0 Å². The molecule has 17 heavy (non-hydrogen) atoms. The summed E-state index contributed by atoms with van der Waals surface area (Å²) in [7, 11) is -2.96. The number of ether oxygens (including phenoxy) is 1. The summed E-state index contributed by atoms with van der Waals surface area (Å²) in [6, 6.07) is 0. The predicted octanol–water partition coefficient (Wildman–Crippen LogP) is 1.52.